The molecule has 0 saturated carbocycles. The first-order valence-electron chi connectivity index (χ1n) is 11.5. The van der Waals surface area contributed by atoms with Crippen molar-refractivity contribution < 1.29 is 23.8 Å². The minimum Gasteiger partial charge on any atom is -0.494 e. The number of carbonyl (C=O) groups excluding carboxylic acids is 2. The second-order valence-electron chi connectivity index (χ2n) is 7.60. The molecule has 0 N–H and O–H groups in total. The van der Waals surface area contributed by atoms with Gasteiger partial charge in [0.05, 0.1) is 37.8 Å². The molecule has 0 aliphatic heterocycles. The maximum Gasteiger partial charge on any atom is 0.343 e. The van der Waals surface area contributed by atoms with Crippen molar-refractivity contribution >= 4 is 30.1 Å². The van der Waals surface area contributed by atoms with Crippen molar-refractivity contribution in [2.24, 2.45) is 10.2 Å². The summed E-state index contributed by atoms with van der Waals surface area (Å²) in [6.45, 7) is 11.1. The van der Waals surface area contributed by atoms with Gasteiger partial charge in [0.1, 0.15) is 11.5 Å². The lowest BCUT2D eigenvalue weighted by Crippen LogP contribution is -2.08. The molecule has 8 nitrogen and oxygen atoms in total. The molecule has 0 amide bonds. The van der Waals surface area contributed by atoms with Crippen LogP contribution >= 0.6 is 0 Å². The van der Waals surface area contributed by atoms with Crippen molar-refractivity contribution in [3.63, 3.8) is 0 Å². The van der Waals surface area contributed by atoms with E-state index in [1.807, 2.05) is 0 Å². The van der Waals surface area contributed by atoms with Gasteiger partial charge in [-0.15, -0.1) is 0 Å². The van der Waals surface area contributed by atoms with E-state index >= 15 is 0 Å². The summed E-state index contributed by atoms with van der Waals surface area (Å²) in [5.41, 5.74) is 2.60. The Bertz CT molecular complexity index is 1290. The molecule has 0 heterocycles. The van der Waals surface area contributed by atoms with Crippen LogP contribution in [0.1, 0.15) is 34.3 Å². The quantitative estimate of drug-likeness (QED) is 0.0603. The summed E-state index contributed by atoms with van der Waals surface area (Å²) >= 11 is 0. The van der Waals surface area contributed by atoms with E-state index in [1.54, 1.807) is 85.2 Å². The minimum absolute atomic E-state index is 0.321. The van der Waals surface area contributed by atoms with Gasteiger partial charge in [-0.1, -0.05) is 30.8 Å². The van der Waals surface area contributed by atoms with E-state index in [2.05, 4.69) is 21.6 Å². The van der Waals surface area contributed by atoms with Crippen LogP contribution in [0.15, 0.2) is 95.7 Å². The molecule has 3 rings (SSSR count). The van der Waals surface area contributed by atoms with Crippen LogP contribution in [0.5, 0.6) is 11.5 Å². The molecule has 0 spiro atoms. The lowest BCUT2D eigenvalue weighted by molar-refractivity contribution is -0.137. The lowest BCUT2D eigenvalue weighted by Gasteiger charge is -2.08. The van der Waals surface area contributed by atoms with E-state index in [1.165, 1.54) is 0 Å². The summed E-state index contributed by atoms with van der Waals surface area (Å²) in [5.74, 6) is 0.121. The number of hydrogen-bond acceptors (Lipinski definition) is 7. The largest absolute Gasteiger partial charge is 0.494 e. The number of carbonyl (C=O) groups is 2. The van der Waals surface area contributed by atoms with E-state index in [0.717, 1.165) is 23.6 Å². The van der Waals surface area contributed by atoms with Crippen LogP contribution in [0.2, 0.25) is 0 Å². The standard InChI is InChI=1S/C29H25N3O5/c1-3-28(33)36-19-5-4-18-35-26-16-10-24(11-17-26)29(34)37-27-14-8-23(9-15-27)21-32-31-20-22-6-12-25(30-2)13-7-22/h3,6-17,20-21H,1,4-5,18-19H2. The van der Waals surface area contributed by atoms with Gasteiger partial charge in [0.2, 0.25) is 0 Å². The van der Waals surface area contributed by atoms with E-state index in [0.29, 0.717) is 42.4 Å². The first-order valence-corrected chi connectivity index (χ1v) is 11.5. The van der Waals surface area contributed by atoms with Crippen LogP contribution in [0, 0.1) is 6.57 Å². The normalized spacial score (nSPS) is 10.7. The predicted molar refractivity (Wildman–Crippen MR) is 142 cm³/mol. The van der Waals surface area contributed by atoms with Gasteiger partial charge >= 0.3 is 11.9 Å². The van der Waals surface area contributed by atoms with Crippen LogP contribution in [-0.2, 0) is 9.53 Å². The highest BCUT2D eigenvalue weighted by molar-refractivity contribution is 5.91. The molecule has 0 fully saturated rings. The summed E-state index contributed by atoms with van der Waals surface area (Å²) < 4.78 is 16.0. The maximum atomic E-state index is 12.4. The van der Waals surface area contributed by atoms with Crippen molar-refractivity contribution in [1.29, 1.82) is 0 Å². The average molecular weight is 496 g/mol. The van der Waals surface area contributed by atoms with E-state index < -0.39 is 11.9 Å². The SMILES string of the molecule is [C-]#[N+]c1ccc(C=NN=Cc2ccc(OC(=O)c3ccc(OCCCCOC(=O)C=C)cc3)cc2)cc1. The van der Waals surface area contributed by atoms with Gasteiger partial charge in [0.15, 0.2) is 5.69 Å². The number of unbranched alkanes of at least 4 members (excludes halogenated alkanes) is 1. The first-order chi connectivity index (χ1) is 18.1. The Morgan fingerprint density at radius 1 is 0.811 bits per heavy atom. The van der Waals surface area contributed by atoms with Crippen LogP contribution in [0.3, 0.4) is 0 Å². The maximum absolute atomic E-state index is 12.4. The zero-order chi connectivity index (χ0) is 26.3. The van der Waals surface area contributed by atoms with Crippen LogP contribution in [0.25, 0.3) is 4.85 Å². The fourth-order valence-electron chi connectivity index (χ4n) is 2.94. The first kappa shape index (κ1) is 26.6. The Morgan fingerprint density at radius 2 is 1.38 bits per heavy atom. The molecule has 0 aliphatic rings. The fourth-order valence-corrected chi connectivity index (χ4v) is 2.94. The highest BCUT2D eigenvalue weighted by Gasteiger charge is 2.09. The van der Waals surface area contributed by atoms with Crippen molar-refractivity contribution in [1.82, 2.24) is 0 Å². The van der Waals surface area contributed by atoms with Gasteiger partial charge in [0, 0.05) is 6.08 Å². The Balaban J connectivity index is 1.42. The van der Waals surface area contributed by atoms with Gasteiger partial charge in [-0.05, 0) is 72.5 Å². The zero-order valence-electron chi connectivity index (χ0n) is 20.1. The highest BCUT2D eigenvalue weighted by atomic mass is 16.5. The molecule has 0 saturated heterocycles. The van der Waals surface area contributed by atoms with Crippen molar-refractivity contribution in [3.8, 4) is 11.5 Å². The smallest absolute Gasteiger partial charge is 0.343 e. The number of benzene rings is 3. The molecule has 0 unspecified atom stereocenters. The molecular formula is C29H25N3O5. The molecular weight excluding hydrogens is 470 g/mol. The molecule has 0 bridgehead atoms. The molecule has 186 valence electrons. The third kappa shape index (κ3) is 9.26. The second kappa shape index (κ2) is 14.4. The third-order valence-corrected chi connectivity index (χ3v) is 4.90. The number of hydrogen-bond donors (Lipinski definition) is 0. The molecule has 3 aromatic rings. The van der Waals surface area contributed by atoms with E-state index in [-0.39, 0.29) is 0 Å². The Morgan fingerprint density at radius 3 is 1.97 bits per heavy atom. The number of rotatable bonds is 12. The molecule has 0 aliphatic carbocycles. The topological polar surface area (TPSA) is 90.9 Å². The Hall–Kier alpha value is -5.03. The average Bonchev–Trinajstić information content (AvgIpc) is 2.94. The van der Waals surface area contributed by atoms with Crippen LogP contribution in [-0.4, -0.2) is 37.6 Å². The molecule has 3 aromatic carbocycles. The van der Waals surface area contributed by atoms with Gasteiger partial charge < -0.3 is 14.2 Å². The minimum atomic E-state index is -0.481. The molecule has 0 radical (unpaired) electrons. The molecule has 8 heteroatoms. The molecule has 0 aromatic heterocycles. The second-order valence-corrected chi connectivity index (χ2v) is 7.60. The highest BCUT2D eigenvalue weighted by Crippen LogP contribution is 2.17. The third-order valence-electron chi connectivity index (χ3n) is 4.90. The molecule has 37 heavy (non-hydrogen) atoms. The van der Waals surface area contributed by atoms with Crippen molar-refractivity contribution in [2.75, 3.05) is 13.2 Å². The van der Waals surface area contributed by atoms with E-state index in [9.17, 15) is 9.59 Å². The Kier molecular flexibility index (Phi) is 10.3. The number of esters is 2. The van der Waals surface area contributed by atoms with Gasteiger partial charge in [-0.25, -0.2) is 14.4 Å². The fraction of sp³-hybridized carbons (Fsp3) is 0.138. The summed E-state index contributed by atoms with van der Waals surface area (Å²) in [6, 6.07) is 20.6. The predicted octanol–water partition coefficient (Wildman–Crippen LogP) is 5.80. The van der Waals surface area contributed by atoms with Crippen LogP contribution < -0.4 is 9.47 Å². The summed E-state index contributed by atoms with van der Waals surface area (Å²) in [7, 11) is 0. The van der Waals surface area contributed by atoms with Crippen molar-refractivity contribution in [3.05, 3.63) is 114 Å². The monoisotopic (exact) mass is 495 g/mol. The molecule has 0 atom stereocenters. The van der Waals surface area contributed by atoms with Gasteiger partial charge in [-0.3, -0.25) is 0 Å². The van der Waals surface area contributed by atoms with Gasteiger partial charge in [-0.2, -0.15) is 10.2 Å². The zero-order valence-corrected chi connectivity index (χ0v) is 20.1. The lowest BCUT2D eigenvalue weighted by atomic mass is 10.2. The Labute approximate surface area is 215 Å². The van der Waals surface area contributed by atoms with Crippen molar-refractivity contribution in [2.45, 2.75) is 12.8 Å². The number of ether oxygens (including phenoxy) is 3. The summed E-state index contributed by atoms with van der Waals surface area (Å²) in [4.78, 5) is 26.7. The summed E-state index contributed by atoms with van der Waals surface area (Å²) in [6.07, 6.45) is 5.72. The number of nitrogens with zero attached hydrogens (tertiary/aromatic N) is 3. The summed E-state index contributed by atoms with van der Waals surface area (Å²) in [5, 5.41) is 8.01. The van der Waals surface area contributed by atoms with E-state index in [4.69, 9.17) is 20.8 Å². The van der Waals surface area contributed by atoms with Gasteiger partial charge in [0.25, 0.3) is 0 Å². The van der Waals surface area contributed by atoms with Crippen LogP contribution in [0.4, 0.5) is 5.69 Å².